The van der Waals surface area contributed by atoms with Crippen molar-refractivity contribution in [2.45, 2.75) is 45.1 Å². The van der Waals surface area contributed by atoms with Crippen LogP contribution in [-0.4, -0.2) is 108 Å². The van der Waals surface area contributed by atoms with Gasteiger partial charge in [0.15, 0.2) is 0 Å². The van der Waals surface area contributed by atoms with Crippen molar-refractivity contribution in [2.75, 3.05) is 58.9 Å². The van der Waals surface area contributed by atoms with Gasteiger partial charge in [-0.05, 0) is 38.8 Å². The molecule has 0 spiro atoms. The second-order valence-corrected chi connectivity index (χ2v) is 8.36. The summed E-state index contributed by atoms with van der Waals surface area (Å²) in [5.41, 5.74) is 0. The topological polar surface area (TPSA) is 96.4 Å². The van der Waals surface area contributed by atoms with Crippen LogP contribution < -0.4 is 5.32 Å². The number of amides is 2. The van der Waals surface area contributed by atoms with Crippen molar-refractivity contribution >= 4 is 17.8 Å². The molecule has 2 amide bonds. The molecule has 0 unspecified atom stereocenters. The van der Waals surface area contributed by atoms with E-state index in [-0.39, 0.29) is 30.7 Å². The highest BCUT2D eigenvalue weighted by Crippen LogP contribution is 2.23. The molecule has 0 aromatic carbocycles. The number of carbonyl (C=O) groups is 3. The predicted octanol–water partition coefficient (Wildman–Crippen LogP) is -0.167. The van der Waals surface area contributed by atoms with Crippen molar-refractivity contribution in [1.29, 1.82) is 0 Å². The van der Waals surface area contributed by atoms with E-state index in [1.54, 1.807) is 0 Å². The maximum atomic E-state index is 13.0. The van der Waals surface area contributed by atoms with E-state index in [1.165, 1.54) is 24.8 Å². The van der Waals surface area contributed by atoms with E-state index in [9.17, 15) is 14.4 Å². The van der Waals surface area contributed by atoms with E-state index in [1.807, 2.05) is 9.91 Å². The minimum Gasteiger partial charge on any atom is -0.481 e. The fraction of sp³-hybridized carbons (Fsp3) is 0.850. The Balaban J connectivity index is 1.44. The summed E-state index contributed by atoms with van der Waals surface area (Å²) in [7, 11) is 0. The van der Waals surface area contributed by atoms with Gasteiger partial charge < -0.3 is 15.3 Å². The number of carboxylic acid groups (broad SMARTS) is 1. The molecule has 164 valence electrons. The van der Waals surface area contributed by atoms with Gasteiger partial charge in [0.1, 0.15) is 0 Å². The summed E-state index contributed by atoms with van der Waals surface area (Å²) in [5.74, 6) is -0.811. The molecule has 9 nitrogen and oxygen atoms in total. The highest BCUT2D eigenvalue weighted by Gasteiger charge is 2.33. The van der Waals surface area contributed by atoms with E-state index in [0.717, 1.165) is 39.3 Å². The first-order valence-corrected chi connectivity index (χ1v) is 10.9. The zero-order valence-corrected chi connectivity index (χ0v) is 17.5. The fourth-order valence-corrected chi connectivity index (χ4v) is 4.79. The lowest BCUT2D eigenvalue weighted by Crippen LogP contribution is -2.56. The first-order chi connectivity index (χ1) is 14.0. The van der Waals surface area contributed by atoms with Crippen LogP contribution in [0.3, 0.4) is 0 Å². The van der Waals surface area contributed by atoms with E-state index >= 15 is 0 Å². The number of aliphatic carboxylic acids is 1. The van der Waals surface area contributed by atoms with Crippen LogP contribution in [0.15, 0.2) is 0 Å². The number of carboxylic acids is 1. The van der Waals surface area contributed by atoms with Crippen LogP contribution in [0.5, 0.6) is 0 Å². The number of hydrogen-bond donors (Lipinski definition) is 2. The Bertz CT molecular complexity index is 579. The number of nitrogens with zero attached hydrogens (tertiary/aromatic N) is 4. The molecule has 3 aliphatic rings. The lowest BCUT2D eigenvalue weighted by Gasteiger charge is -2.43. The van der Waals surface area contributed by atoms with Crippen LogP contribution in [0.4, 0.5) is 0 Å². The molecule has 3 heterocycles. The molecular weight excluding hydrogens is 374 g/mol. The molecule has 3 rings (SSSR count). The molecule has 3 fully saturated rings. The molecule has 9 heteroatoms. The van der Waals surface area contributed by atoms with E-state index in [4.69, 9.17) is 5.11 Å². The second-order valence-electron chi connectivity index (χ2n) is 8.36. The lowest BCUT2D eigenvalue weighted by atomic mass is 9.95. The zero-order chi connectivity index (χ0) is 20.8. The number of hydrogen-bond acceptors (Lipinski definition) is 6. The average Bonchev–Trinajstić information content (AvgIpc) is 2.74. The predicted molar refractivity (Wildman–Crippen MR) is 108 cm³/mol. The van der Waals surface area contributed by atoms with E-state index in [2.05, 4.69) is 10.2 Å². The number of nitrogens with one attached hydrogen (secondary N) is 1. The molecule has 0 aromatic rings. The standard InChI is InChI=1S/C20H35N5O4/c1-16(26)25(11-6-19(27)28)24-9-4-17(5-10-24)20(29)23-14-12-22(13-15-23)18-2-7-21-8-3-18/h17-18,21H,2-15H2,1H3,(H,27,28). The van der Waals surface area contributed by atoms with Crippen molar-refractivity contribution in [3.05, 3.63) is 0 Å². The first kappa shape index (κ1) is 22.0. The molecule has 0 radical (unpaired) electrons. The summed E-state index contributed by atoms with van der Waals surface area (Å²) >= 11 is 0. The third kappa shape index (κ3) is 5.90. The third-order valence-corrected chi connectivity index (χ3v) is 6.51. The molecule has 0 atom stereocenters. The highest BCUT2D eigenvalue weighted by atomic mass is 16.4. The molecule has 0 aliphatic carbocycles. The minimum atomic E-state index is -0.912. The van der Waals surface area contributed by atoms with Crippen LogP contribution in [-0.2, 0) is 14.4 Å². The van der Waals surface area contributed by atoms with Gasteiger partial charge in [-0.3, -0.25) is 24.3 Å². The van der Waals surface area contributed by atoms with Crippen molar-refractivity contribution in [2.24, 2.45) is 5.92 Å². The van der Waals surface area contributed by atoms with Crippen LogP contribution in [0.2, 0.25) is 0 Å². The number of piperazine rings is 1. The van der Waals surface area contributed by atoms with E-state index < -0.39 is 5.97 Å². The second kappa shape index (κ2) is 10.4. The fourth-order valence-electron chi connectivity index (χ4n) is 4.79. The van der Waals surface area contributed by atoms with Gasteiger partial charge in [0, 0.05) is 64.7 Å². The van der Waals surface area contributed by atoms with Crippen LogP contribution in [0.25, 0.3) is 0 Å². The van der Waals surface area contributed by atoms with Crippen LogP contribution in [0.1, 0.15) is 39.0 Å². The number of hydrazine groups is 1. The molecule has 0 saturated carbocycles. The number of carbonyl (C=O) groups excluding carboxylic acids is 2. The Kier molecular flexibility index (Phi) is 7.85. The Hall–Kier alpha value is -1.71. The van der Waals surface area contributed by atoms with Crippen molar-refractivity contribution in [3.8, 4) is 0 Å². The molecular formula is C20H35N5O4. The summed E-state index contributed by atoms with van der Waals surface area (Å²) in [5, 5.41) is 15.7. The van der Waals surface area contributed by atoms with E-state index in [0.29, 0.717) is 32.0 Å². The largest absolute Gasteiger partial charge is 0.481 e. The van der Waals surface area contributed by atoms with Gasteiger partial charge in [-0.15, -0.1) is 0 Å². The van der Waals surface area contributed by atoms with Gasteiger partial charge in [-0.1, -0.05) is 0 Å². The molecule has 29 heavy (non-hydrogen) atoms. The van der Waals surface area contributed by atoms with Gasteiger partial charge in [0.2, 0.25) is 11.8 Å². The molecule has 0 aromatic heterocycles. The maximum absolute atomic E-state index is 13.0. The lowest BCUT2D eigenvalue weighted by molar-refractivity contribution is -0.154. The Morgan fingerprint density at radius 3 is 2.14 bits per heavy atom. The van der Waals surface area contributed by atoms with Crippen molar-refractivity contribution in [3.63, 3.8) is 0 Å². The van der Waals surface area contributed by atoms with Gasteiger partial charge in [-0.2, -0.15) is 0 Å². The summed E-state index contributed by atoms with van der Waals surface area (Å²) in [6.45, 7) is 8.59. The summed E-state index contributed by atoms with van der Waals surface area (Å²) < 4.78 is 0. The maximum Gasteiger partial charge on any atom is 0.305 e. The van der Waals surface area contributed by atoms with Gasteiger partial charge in [-0.25, -0.2) is 5.01 Å². The quantitative estimate of drug-likeness (QED) is 0.629. The zero-order valence-electron chi connectivity index (χ0n) is 17.5. The molecule has 2 N–H and O–H groups in total. The average molecular weight is 410 g/mol. The first-order valence-electron chi connectivity index (χ1n) is 10.9. The Morgan fingerprint density at radius 1 is 0.966 bits per heavy atom. The van der Waals surface area contributed by atoms with Gasteiger partial charge in [0.05, 0.1) is 6.42 Å². The SMILES string of the molecule is CC(=O)N(CCC(=O)O)N1CCC(C(=O)N2CCN(C3CCNCC3)CC2)CC1. The monoisotopic (exact) mass is 409 g/mol. The van der Waals surface area contributed by atoms with Crippen LogP contribution >= 0.6 is 0 Å². The third-order valence-electron chi connectivity index (χ3n) is 6.51. The Labute approximate surface area is 172 Å². The number of rotatable bonds is 6. The van der Waals surface area contributed by atoms with Gasteiger partial charge in [0.25, 0.3) is 0 Å². The molecule has 3 aliphatic heterocycles. The summed E-state index contributed by atoms with van der Waals surface area (Å²) in [4.78, 5) is 40.3. The molecule has 0 bridgehead atoms. The smallest absolute Gasteiger partial charge is 0.305 e. The number of piperidine rings is 2. The Morgan fingerprint density at radius 2 is 1.59 bits per heavy atom. The summed E-state index contributed by atoms with van der Waals surface area (Å²) in [6, 6.07) is 0.653. The van der Waals surface area contributed by atoms with Crippen LogP contribution in [0, 0.1) is 5.92 Å². The van der Waals surface area contributed by atoms with Crippen molar-refractivity contribution in [1.82, 2.24) is 25.1 Å². The minimum absolute atomic E-state index is 0.00459. The normalized spacial score (nSPS) is 23.1. The molecule has 3 saturated heterocycles. The van der Waals surface area contributed by atoms with Gasteiger partial charge >= 0.3 is 5.97 Å². The van der Waals surface area contributed by atoms with Crippen molar-refractivity contribution < 1.29 is 19.5 Å². The highest BCUT2D eigenvalue weighted by molar-refractivity contribution is 5.79. The summed E-state index contributed by atoms with van der Waals surface area (Å²) in [6.07, 6.45) is 3.75.